The highest BCUT2D eigenvalue weighted by Crippen LogP contribution is 2.29. The molecule has 3 heterocycles. The number of pyridine rings is 1. The van der Waals surface area contributed by atoms with Gasteiger partial charge in [-0.15, -0.1) is 0 Å². The van der Waals surface area contributed by atoms with E-state index in [9.17, 15) is 19.8 Å². The number of nitrogen functional groups attached to an aromatic ring is 1. The predicted octanol–water partition coefficient (Wildman–Crippen LogP) is -1.07. The standard InChI is InChI=1S/C15H18N6O4/c1-7(22)11(23)9-6-18-12-10(13(24)20-15(16)19-12)21(9)14(25)8-3-2-4-17-5-8/h2-5,7,9,11,22-23H,6H2,1H3,(H4,16,18,19,20,24)/t7-,9?,11-/m0/s1. The molecule has 1 amide bonds. The number of rotatable bonds is 3. The van der Waals surface area contributed by atoms with Crippen molar-refractivity contribution in [3.05, 3.63) is 40.4 Å². The number of aromatic amines is 1. The lowest BCUT2D eigenvalue weighted by Crippen LogP contribution is -2.58. The Morgan fingerprint density at radius 1 is 1.48 bits per heavy atom. The maximum absolute atomic E-state index is 13.0. The van der Waals surface area contributed by atoms with E-state index in [0.29, 0.717) is 0 Å². The average Bonchev–Trinajstić information content (AvgIpc) is 2.60. The van der Waals surface area contributed by atoms with Crippen LogP contribution in [0.4, 0.5) is 17.5 Å². The zero-order valence-corrected chi connectivity index (χ0v) is 13.4. The van der Waals surface area contributed by atoms with Gasteiger partial charge >= 0.3 is 0 Å². The highest BCUT2D eigenvalue weighted by molar-refractivity contribution is 6.08. The van der Waals surface area contributed by atoms with Crippen LogP contribution in [0.5, 0.6) is 0 Å². The quantitative estimate of drug-likeness (QED) is 0.470. The number of nitrogens with one attached hydrogen (secondary N) is 2. The number of carbonyl (C=O) groups is 1. The van der Waals surface area contributed by atoms with Crippen LogP contribution in [0.3, 0.4) is 0 Å². The third kappa shape index (κ3) is 3.04. The SMILES string of the molecule is C[C@H](O)[C@H](O)C1CNc2nc(N)[nH]c(=O)c2N1C(=O)c1cccnc1. The maximum Gasteiger partial charge on any atom is 0.278 e. The molecule has 0 radical (unpaired) electrons. The van der Waals surface area contributed by atoms with Crippen LogP contribution in [-0.4, -0.2) is 55.9 Å². The predicted molar refractivity (Wildman–Crippen MR) is 90.3 cm³/mol. The number of carbonyl (C=O) groups excluding carboxylic acids is 1. The number of aliphatic hydroxyl groups excluding tert-OH is 2. The molecular weight excluding hydrogens is 328 g/mol. The molecule has 0 saturated heterocycles. The first-order valence-corrected chi connectivity index (χ1v) is 7.63. The molecule has 10 heteroatoms. The highest BCUT2D eigenvalue weighted by Gasteiger charge is 2.40. The van der Waals surface area contributed by atoms with E-state index in [1.165, 1.54) is 19.3 Å². The van der Waals surface area contributed by atoms with Crippen molar-refractivity contribution in [3.8, 4) is 0 Å². The number of fused-ring (bicyclic) bond motifs is 1. The normalized spacial score (nSPS) is 18.8. The van der Waals surface area contributed by atoms with Crippen molar-refractivity contribution in [3.63, 3.8) is 0 Å². The average molecular weight is 346 g/mol. The number of aliphatic hydroxyl groups is 2. The van der Waals surface area contributed by atoms with Gasteiger partial charge in [0.05, 0.1) is 17.7 Å². The number of nitrogens with zero attached hydrogens (tertiary/aromatic N) is 3. The second-order valence-corrected chi connectivity index (χ2v) is 5.74. The molecule has 0 aliphatic carbocycles. The van der Waals surface area contributed by atoms with Gasteiger partial charge in [0.1, 0.15) is 6.10 Å². The smallest absolute Gasteiger partial charge is 0.278 e. The molecule has 0 fully saturated rings. The molecule has 1 aliphatic rings. The summed E-state index contributed by atoms with van der Waals surface area (Å²) in [6.45, 7) is 1.49. The highest BCUT2D eigenvalue weighted by atomic mass is 16.3. The Morgan fingerprint density at radius 3 is 2.88 bits per heavy atom. The molecule has 0 spiro atoms. The molecule has 2 aromatic heterocycles. The van der Waals surface area contributed by atoms with Gasteiger partial charge in [0.2, 0.25) is 5.95 Å². The number of aromatic nitrogens is 3. The summed E-state index contributed by atoms with van der Waals surface area (Å²) in [5.74, 6) is -0.510. The van der Waals surface area contributed by atoms with Crippen LogP contribution >= 0.6 is 0 Å². The number of hydrogen-bond acceptors (Lipinski definition) is 8. The Balaban J connectivity index is 2.14. The molecule has 6 N–H and O–H groups in total. The van der Waals surface area contributed by atoms with Crippen molar-refractivity contribution >= 4 is 23.4 Å². The van der Waals surface area contributed by atoms with Gasteiger partial charge in [0, 0.05) is 18.9 Å². The first-order valence-electron chi connectivity index (χ1n) is 7.63. The van der Waals surface area contributed by atoms with E-state index in [-0.39, 0.29) is 29.6 Å². The van der Waals surface area contributed by atoms with Gasteiger partial charge in [-0.1, -0.05) is 0 Å². The van der Waals surface area contributed by atoms with Crippen molar-refractivity contribution in [1.29, 1.82) is 0 Å². The topological polar surface area (TPSA) is 157 Å². The molecular formula is C15H18N6O4. The van der Waals surface area contributed by atoms with Gasteiger partial charge in [0.25, 0.3) is 11.5 Å². The van der Waals surface area contributed by atoms with Crippen LogP contribution in [-0.2, 0) is 0 Å². The summed E-state index contributed by atoms with van der Waals surface area (Å²) in [5.41, 5.74) is 5.08. The molecule has 3 atom stereocenters. The summed E-state index contributed by atoms with van der Waals surface area (Å²) in [6, 6.07) is 2.25. The fourth-order valence-electron chi connectivity index (χ4n) is 2.76. The Hall–Kier alpha value is -2.98. The molecule has 0 aromatic carbocycles. The molecule has 0 bridgehead atoms. The summed E-state index contributed by atoms with van der Waals surface area (Å²) < 4.78 is 0. The van der Waals surface area contributed by atoms with Crippen LogP contribution in [0.1, 0.15) is 17.3 Å². The summed E-state index contributed by atoms with van der Waals surface area (Å²) in [5, 5.41) is 23.0. The lowest BCUT2D eigenvalue weighted by atomic mass is 10.0. The first-order chi connectivity index (χ1) is 11.9. The summed E-state index contributed by atoms with van der Waals surface area (Å²) in [6.07, 6.45) is 0.477. The third-order valence-electron chi connectivity index (χ3n) is 3.98. The van der Waals surface area contributed by atoms with Crippen LogP contribution in [0.2, 0.25) is 0 Å². The van der Waals surface area contributed by atoms with E-state index in [0.717, 1.165) is 4.90 Å². The van der Waals surface area contributed by atoms with Crippen molar-refractivity contribution < 1.29 is 15.0 Å². The summed E-state index contributed by atoms with van der Waals surface area (Å²) in [4.78, 5) is 36.8. The monoisotopic (exact) mass is 346 g/mol. The van der Waals surface area contributed by atoms with E-state index >= 15 is 0 Å². The molecule has 25 heavy (non-hydrogen) atoms. The number of amides is 1. The van der Waals surface area contributed by atoms with E-state index in [1.807, 2.05) is 0 Å². The minimum absolute atomic E-state index is 0.0704. The van der Waals surface area contributed by atoms with Gasteiger partial charge < -0.3 is 21.3 Å². The number of hydrogen-bond donors (Lipinski definition) is 5. The molecule has 0 saturated carbocycles. The van der Waals surface area contributed by atoms with Crippen molar-refractivity contribution in [2.75, 3.05) is 22.5 Å². The molecule has 3 rings (SSSR count). The lowest BCUT2D eigenvalue weighted by Gasteiger charge is -2.39. The first kappa shape index (κ1) is 16.9. The fourth-order valence-corrected chi connectivity index (χ4v) is 2.76. The molecule has 1 unspecified atom stereocenters. The van der Waals surface area contributed by atoms with Gasteiger partial charge in [-0.3, -0.25) is 24.5 Å². The van der Waals surface area contributed by atoms with Crippen molar-refractivity contribution in [1.82, 2.24) is 15.0 Å². The van der Waals surface area contributed by atoms with Crippen molar-refractivity contribution in [2.45, 2.75) is 25.2 Å². The van der Waals surface area contributed by atoms with Gasteiger partial charge in [-0.05, 0) is 19.1 Å². The second-order valence-electron chi connectivity index (χ2n) is 5.74. The number of H-pyrrole nitrogens is 1. The van der Waals surface area contributed by atoms with Crippen LogP contribution in [0, 0.1) is 0 Å². The largest absolute Gasteiger partial charge is 0.391 e. The molecule has 2 aromatic rings. The van der Waals surface area contributed by atoms with E-state index in [2.05, 4.69) is 20.3 Å². The third-order valence-corrected chi connectivity index (χ3v) is 3.98. The van der Waals surface area contributed by atoms with E-state index in [4.69, 9.17) is 5.73 Å². The summed E-state index contributed by atoms with van der Waals surface area (Å²) >= 11 is 0. The Bertz CT molecular complexity index is 838. The lowest BCUT2D eigenvalue weighted by molar-refractivity contribution is 0.0152. The Morgan fingerprint density at radius 2 is 2.24 bits per heavy atom. The van der Waals surface area contributed by atoms with Gasteiger partial charge in [-0.25, -0.2) is 0 Å². The van der Waals surface area contributed by atoms with Gasteiger partial charge in [-0.2, -0.15) is 4.98 Å². The maximum atomic E-state index is 13.0. The molecule has 1 aliphatic heterocycles. The number of anilines is 3. The van der Waals surface area contributed by atoms with Crippen LogP contribution < -0.4 is 21.5 Å². The minimum Gasteiger partial charge on any atom is -0.391 e. The van der Waals surface area contributed by atoms with E-state index in [1.54, 1.807) is 12.1 Å². The van der Waals surface area contributed by atoms with Crippen LogP contribution in [0.15, 0.2) is 29.3 Å². The zero-order valence-electron chi connectivity index (χ0n) is 13.4. The van der Waals surface area contributed by atoms with E-state index < -0.39 is 29.7 Å². The molecule has 10 nitrogen and oxygen atoms in total. The minimum atomic E-state index is -1.28. The summed E-state index contributed by atoms with van der Waals surface area (Å²) in [7, 11) is 0. The molecule has 132 valence electrons. The second kappa shape index (κ2) is 6.49. The van der Waals surface area contributed by atoms with Gasteiger partial charge in [0.15, 0.2) is 11.5 Å². The zero-order chi connectivity index (χ0) is 18.1. The van der Waals surface area contributed by atoms with Crippen molar-refractivity contribution in [2.24, 2.45) is 0 Å². The Labute approximate surface area is 142 Å². The Kier molecular flexibility index (Phi) is 4.38. The fraction of sp³-hybridized carbons (Fsp3) is 0.333. The number of nitrogens with two attached hydrogens (primary N) is 1. The van der Waals surface area contributed by atoms with Crippen LogP contribution in [0.25, 0.3) is 0 Å².